The van der Waals surface area contributed by atoms with Crippen LogP contribution in [-0.4, -0.2) is 44.9 Å². The number of rotatable bonds is 7. The van der Waals surface area contributed by atoms with Crippen LogP contribution in [0.25, 0.3) is 0 Å². The minimum Gasteiger partial charge on any atom is -0.486 e. The molecule has 0 atom stereocenters. The van der Waals surface area contributed by atoms with Crippen LogP contribution in [-0.2, 0) is 21.4 Å². The summed E-state index contributed by atoms with van der Waals surface area (Å²) in [5.74, 6) is 0.952. The molecule has 2 aromatic carbocycles. The zero-order chi connectivity index (χ0) is 23.4. The number of ether oxygens (including phenoxy) is 2. The van der Waals surface area contributed by atoms with Crippen LogP contribution in [0.2, 0.25) is 0 Å². The van der Waals surface area contributed by atoms with Gasteiger partial charge in [-0.2, -0.15) is 4.31 Å². The van der Waals surface area contributed by atoms with Crippen molar-refractivity contribution in [3.63, 3.8) is 0 Å². The average Bonchev–Trinajstić information content (AvgIpc) is 3.30. The zero-order valence-electron chi connectivity index (χ0n) is 18.5. The maximum atomic E-state index is 12.7. The molecular weight excluding hydrogens is 444 g/mol. The Morgan fingerprint density at radius 2 is 1.73 bits per heavy atom. The standard InChI is InChI=1S/C24H26N2O6S/c1-17-3-6-20(15-18(17)2)31-16-21-7-10-23(32-21)24(27)25-19-4-8-22(9-5-19)33(28,29)26-11-13-30-14-12-26/h3-10,15H,11-14,16H2,1-2H3,(H,25,27). The van der Waals surface area contributed by atoms with Gasteiger partial charge in [-0.1, -0.05) is 6.07 Å². The molecule has 1 aliphatic heterocycles. The van der Waals surface area contributed by atoms with Crippen molar-refractivity contribution in [3.05, 3.63) is 77.2 Å². The van der Waals surface area contributed by atoms with Crippen molar-refractivity contribution >= 4 is 21.6 Å². The van der Waals surface area contributed by atoms with Crippen LogP contribution in [0.15, 0.2) is 63.9 Å². The van der Waals surface area contributed by atoms with Crippen molar-refractivity contribution in [2.75, 3.05) is 31.6 Å². The quantitative estimate of drug-likeness (QED) is 0.565. The van der Waals surface area contributed by atoms with Gasteiger partial charge in [-0.15, -0.1) is 0 Å². The van der Waals surface area contributed by atoms with E-state index < -0.39 is 15.9 Å². The predicted molar refractivity (Wildman–Crippen MR) is 123 cm³/mol. The first-order valence-electron chi connectivity index (χ1n) is 10.6. The Bertz CT molecular complexity index is 1230. The molecule has 0 unspecified atom stereocenters. The largest absolute Gasteiger partial charge is 0.486 e. The van der Waals surface area contributed by atoms with Crippen molar-refractivity contribution in [2.45, 2.75) is 25.3 Å². The minimum atomic E-state index is -3.58. The second-order valence-corrected chi connectivity index (χ2v) is 9.73. The van der Waals surface area contributed by atoms with Crippen LogP contribution in [0.1, 0.15) is 27.4 Å². The molecule has 0 bridgehead atoms. The second-order valence-electron chi connectivity index (χ2n) is 7.80. The molecule has 3 aromatic rings. The predicted octanol–water partition coefficient (Wildman–Crippen LogP) is 3.75. The van der Waals surface area contributed by atoms with Crippen molar-refractivity contribution in [1.82, 2.24) is 4.31 Å². The van der Waals surface area contributed by atoms with E-state index in [4.69, 9.17) is 13.9 Å². The van der Waals surface area contributed by atoms with Crippen LogP contribution in [0, 0.1) is 13.8 Å². The molecule has 1 amide bonds. The molecule has 1 N–H and O–H groups in total. The van der Waals surface area contributed by atoms with E-state index in [2.05, 4.69) is 5.32 Å². The van der Waals surface area contributed by atoms with E-state index in [0.717, 1.165) is 11.3 Å². The van der Waals surface area contributed by atoms with Crippen LogP contribution in [0.3, 0.4) is 0 Å². The first-order valence-corrected chi connectivity index (χ1v) is 12.0. The van der Waals surface area contributed by atoms with Gasteiger partial charge in [0.05, 0.1) is 18.1 Å². The van der Waals surface area contributed by atoms with Crippen molar-refractivity contribution in [3.8, 4) is 5.75 Å². The molecule has 1 aliphatic rings. The molecule has 174 valence electrons. The summed E-state index contributed by atoms with van der Waals surface area (Å²) in [6, 6.07) is 15.2. The van der Waals surface area contributed by atoms with Gasteiger partial charge in [0.25, 0.3) is 5.91 Å². The number of amides is 1. The molecule has 0 saturated carbocycles. The van der Waals surface area contributed by atoms with Crippen LogP contribution < -0.4 is 10.1 Å². The number of carbonyl (C=O) groups is 1. The SMILES string of the molecule is Cc1ccc(OCc2ccc(C(=O)Nc3ccc(S(=O)(=O)N4CCOCC4)cc3)o2)cc1C. The van der Waals surface area contributed by atoms with E-state index in [-0.39, 0.29) is 17.3 Å². The fourth-order valence-corrected chi connectivity index (χ4v) is 4.78. The van der Waals surface area contributed by atoms with Gasteiger partial charge in [0.2, 0.25) is 10.0 Å². The van der Waals surface area contributed by atoms with Crippen molar-refractivity contribution < 1.29 is 27.1 Å². The third kappa shape index (κ3) is 5.44. The summed E-state index contributed by atoms with van der Waals surface area (Å²) in [5.41, 5.74) is 2.78. The highest BCUT2D eigenvalue weighted by molar-refractivity contribution is 7.89. The number of aryl methyl sites for hydroxylation is 2. The third-order valence-corrected chi connectivity index (χ3v) is 7.38. The molecular formula is C24H26N2O6S. The number of furan rings is 1. The summed E-state index contributed by atoms with van der Waals surface area (Å²) in [6.07, 6.45) is 0. The molecule has 8 nitrogen and oxygen atoms in total. The molecule has 33 heavy (non-hydrogen) atoms. The highest BCUT2D eigenvalue weighted by Crippen LogP contribution is 2.21. The van der Waals surface area contributed by atoms with E-state index in [1.54, 1.807) is 24.3 Å². The molecule has 9 heteroatoms. The van der Waals surface area contributed by atoms with Crippen LogP contribution in [0.4, 0.5) is 5.69 Å². The number of nitrogens with one attached hydrogen (secondary N) is 1. The van der Waals surface area contributed by atoms with Gasteiger partial charge in [0, 0.05) is 18.8 Å². The summed E-state index contributed by atoms with van der Waals surface area (Å²) < 4.78 is 43.4. The highest BCUT2D eigenvalue weighted by atomic mass is 32.2. The molecule has 0 radical (unpaired) electrons. The molecule has 1 aromatic heterocycles. The second kappa shape index (κ2) is 9.78. The lowest BCUT2D eigenvalue weighted by atomic mass is 10.1. The topological polar surface area (TPSA) is 98.1 Å². The van der Waals surface area contributed by atoms with Gasteiger partial charge in [0.1, 0.15) is 18.1 Å². The lowest BCUT2D eigenvalue weighted by Gasteiger charge is -2.26. The maximum absolute atomic E-state index is 12.7. The Kier molecular flexibility index (Phi) is 6.83. The maximum Gasteiger partial charge on any atom is 0.291 e. The molecule has 2 heterocycles. The van der Waals surface area contributed by atoms with E-state index in [1.165, 1.54) is 22.0 Å². The Morgan fingerprint density at radius 1 is 1.00 bits per heavy atom. The van der Waals surface area contributed by atoms with Crippen molar-refractivity contribution in [2.24, 2.45) is 0 Å². The Labute approximate surface area is 193 Å². The fraction of sp³-hybridized carbons (Fsp3) is 0.292. The van der Waals surface area contributed by atoms with Gasteiger partial charge in [-0.05, 0) is 73.5 Å². The van der Waals surface area contributed by atoms with Gasteiger partial charge in [0.15, 0.2) is 5.76 Å². The number of carbonyl (C=O) groups excluding carboxylic acids is 1. The van der Waals surface area contributed by atoms with Gasteiger partial charge < -0.3 is 19.2 Å². The number of hydrogen-bond donors (Lipinski definition) is 1. The number of nitrogens with zero attached hydrogens (tertiary/aromatic N) is 1. The Hall–Kier alpha value is -3.14. The van der Waals surface area contributed by atoms with E-state index in [0.29, 0.717) is 37.8 Å². The summed E-state index contributed by atoms with van der Waals surface area (Å²) in [6.45, 7) is 5.67. The summed E-state index contributed by atoms with van der Waals surface area (Å²) in [5, 5.41) is 2.72. The van der Waals surface area contributed by atoms with Gasteiger partial charge in [-0.25, -0.2) is 8.42 Å². The summed E-state index contributed by atoms with van der Waals surface area (Å²) in [4.78, 5) is 12.7. The zero-order valence-corrected chi connectivity index (χ0v) is 19.4. The number of anilines is 1. The minimum absolute atomic E-state index is 0.138. The van der Waals surface area contributed by atoms with Gasteiger partial charge >= 0.3 is 0 Å². The molecule has 0 spiro atoms. The molecule has 4 rings (SSSR count). The number of hydrogen-bond acceptors (Lipinski definition) is 6. The van der Waals surface area contributed by atoms with E-state index in [9.17, 15) is 13.2 Å². The Balaban J connectivity index is 1.35. The van der Waals surface area contributed by atoms with E-state index in [1.807, 2.05) is 32.0 Å². The normalized spacial score (nSPS) is 14.7. The number of morpholine rings is 1. The lowest BCUT2D eigenvalue weighted by Crippen LogP contribution is -2.40. The fourth-order valence-electron chi connectivity index (χ4n) is 3.37. The first kappa shape index (κ1) is 23.0. The third-order valence-electron chi connectivity index (χ3n) is 5.46. The summed E-state index contributed by atoms with van der Waals surface area (Å²) in [7, 11) is -3.58. The summed E-state index contributed by atoms with van der Waals surface area (Å²) >= 11 is 0. The van der Waals surface area contributed by atoms with Crippen molar-refractivity contribution in [1.29, 1.82) is 0 Å². The average molecular weight is 471 g/mol. The molecule has 0 aliphatic carbocycles. The lowest BCUT2D eigenvalue weighted by molar-refractivity contribution is 0.0730. The smallest absolute Gasteiger partial charge is 0.291 e. The van der Waals surface area contributed by atoms with E-state index >= 15 is 0 Å². The molecule has 1 fully saturated rings. The molecule has 1 saturated heterocycles. The number of benzene rings is 2. The van der Waals surface area contributed by atoms with Crippen LogP contribution in [0.5, 0.6) is 5.75 Å². The monoisotopic (exact) mass is 470 g/mol. The van der Waals surface area contributed by atoms with Crippen LogP contribution >= 0.6 is 0 Å². The number of sulfonamides is 1. The highest BCUT2D eigenvalue weighted by Gasteiger charge is 2.26. The van der Waals surface area contributed by atoms with Gasteiger partial charge in [-0.3, -0.25) is 4.79 Å². The Morgan fingerprint density at radius 3 is 2.42 bits per heavy atom. The first-order chi connectivity index (χ1) is 15.8.